The van der Waals surface area contributed by atoms with Crippen LogP contribution in [-0.2, 0) is 4.74 Å². The highest BCUT2D eigenvalue weighted by Crippen LogP contribution is 2.21. The molecule has 0 radical (unpaired) electrons. The minimum atomic E-state index is -0.421. The molecule has 20 heavy (non-hydrogen) atoms. The van der Waals surface area contributed by atoms with Crippen molar-refractivity contribution in [2.24, 2.45) is 5.10 Å². The van der Waals surface area contributed by atoms with Gasteiger partial charge in [-0.15, -0.1) is 0 Å². The lowest BCUT2D eigenvalue weighted by Gasteiger charge is -2.15. The Morgan fingerprint density at radius 1 is 1.40 bits per heavy atom. The van der Waals surface area contributed by atoms with E-state index in [0.29, 0.717) is 18.1 Å². The molecule has 1 heterocycles. The van der Waals surface area contributed by atoms with Gasteiger partial charge in [-0.05, 0) is 24.6 Å². The molecule has 7 heteroatoms. The van der Waals surface area contributed by atoms with Crippen LogP contribution in [0.1, 0.15) is 24.3 Å². The number of nitrogens with one attached hydrogen (secondary N) is 1. The van der Waals surface area contributed by atoms with E-state index in [1.54, 1.807) is 6.92 Å². The molecule has 0 aliphatic heterocycles. The van der Waals surface area contributed by atoms with Gasteiger partial charge in [0.15, 0.2) is 5.17 Å². The van der Waals surface area contributed by atoms with Gasteiger partial charge in [0.2, 0.25) is 5.82 Å². The van der Waals surface area contributed by atoms with Gasteiger partial charge in [-0.3, -0.25) is 5.43 Å². The number of hydrogen-bond acceptors (Lipinski definition) is 6. The first-order valence-corrected chi connectivity index (χ1v) is 6.55. The number of halogens is 1. The number of nitrogens with zero attached hydrogens (tertiary/aromatic N) is 3. The Hall–Kier alpha value is -1.92. The molecule has 106 valence electrons. The van der Waals surface area contributed by atoms with Gasteiger partial charge in [0, 0.05) is 6.61 Å². The van der Waals surface area contributed by atoms with Gasteiger partial charge < -0.3 is 4.74 Å². The van der Waals surface area contributed by atoms with Crippen LogP contribution in [0.25, 0.3) is 0 Å². The normalized spacial score (nSPS) is 13.2. The molecule has 0 amide bonds. The summed E-state index contributed by atoms with van der Waals surface area (Å²) in [6.45, 7) is 4.18. The quantitative estimate of drug-likeness (QED) is 0.654. The maximum atomic E-state index is 6.21. The van der Waals surface area contributed by atoms with E-state index in [1.807, 2.05) is 37.3 Å². The number of anilines is 1. The van der Waals surface area contributed by atoms with Gasteiger partial charge in [-0.2, -0.15) is 5.10 Å². The first-order chi connectivity index (χ1) is 9.72. The van der Waals surface area contributed by atoms with Crippen molar-refractivity contribution in [2.45, 2.75) is 20.0 Å². The largest absolute Gasteiger partial charge is 0.366 e. The predicted molar refractivity (Wildman–Crippen MR) is 76.8 cm³/mol. The maximum absolute atomic E-state index is 6.21. The van der Waals surface area contributed by atoms with E-state index in [-0.39, 0.29) is 5.17 Å². The van der Waals surface area contributed by atoms with E-state index in [0.717, 1.165) is 5.56 Å². The summed E-state index contributed by atoms with van der Waals surface area (Å²) in [6, 6.07) is 9.64. The fraction of sp³-hybridized carbons (Fsp3) is 0.308. The Morgan fingerprint density at radius 3 is 2.75 bits per heavy atom. The molecule has 1 aromatic carbocycles. The molecule has 2 aromatic rings. The highest BCUT2D eigenvalue weighted by molar-refractivity contribution is 6.66. The lowest BCUT2D eigenvalue weighted by Crippen LogP contribution is -2.13. The molecular weight excluding hydrogens is 280 g/mol. The molecule has 1 atom stereocenters. The molecule has 0 spiro atoms. The third-order valence-corrected chi connectivity index (χ3v) is 2.86. The molecule has 0 bridgehead atoms. The van der Waals surface area contributed by atoms with Gasteiger partial charge >= 0.3 is 0 Å². The zero-order chi connectivity index (χ0) is 14.4. The zero-order valence-corrected chi connectivity index (χ0v) is 12.0. The molecule has 1 N–H and O–H groups in total. The van der Waals surface area contributed by atoms with Gasteiger partial charge in [-0.25, -0.2) is 4.63 Å². The molecule has 0 aliphatic carbocycles. The second-order valence-corrected chi connectivity index (χ2v) is 4.38. The lowest BCUT2D eigenvalue weighted by molar-refractivity contribution is 0.112. The number of benzene rings is 1. The molecular formula is C13H15ClN4O2. The average Bonchev–Trinajstić information content (AvgIpc) is 2.88. The van der Waals surface area contributed by atoms with E-state index in [9.17, 15) is 0 Å². The Bertz CT molecular complexity index is 571. The Morgan fingerprint density at radius 2 is 2.15 bits per heavy atom. The van der Waals surface area contributed by atoms with Gasteiger partial charge in [-0.1, -0.05) is 47.1 Å². The minimum Gasteiger partial charge on any atom is -0.366 e. The second kappa shape index (κ2) is 7.02. The van der Waals surface area contributed by atoms with E-state index in [2.05, 4.69) is 25.5 Å². The summed E-state index contributed by atoms with van der Waals surface area (Å²) in [5, 5.41) is 11.6. The van der Waals surface area contributed by atoms with Crippen LogP contribution in [0.15, 0.2) is 40.1 Å². The molecule has 1 unspecified atom stereocenters. The van der Waals surface area contributed by atoms with Crippen molar-refractivity contribution >= 4 is 22.6 Å². The molecule has 2 rings (SSSR count). The number of ether oxygens (including phenoxy) is 1. The van der Waals surface area contributed by atoms with Crippen LogP contribution < -0.4 is 5.43 Å². The van der Waals surface area contributed by atoms with Gasteiger partial charge in [0.25, 0.3) is 0 Å². The van der Waals surface area contributed by atoms with E-state index in [1.165, 1.54) is 0 Å². The summed E-state index contributed by atoms with van der Waals surface area (Å²) in [5.74, 6) is 0.423. The van der Waals surface area contributed by atoms with Crippen LogP contribution in [0.2, 0.25) is 0 Å². The molecule has 0 fully saturated rings. The third-order valence-electron chi connectivity index (χ3n) is 2.57. The maximum Gasteiger partial charge on any atom is 0.213 e. The van der Waals surface area contributed by atoms with E-state index >= 15 is 0 Å². The van der Waals surface area contributed by atoms with Crippen molar-refractivity contribution in [3.63, 3.8) is 0 Å². The first-order valence-electron chi connectivity index (χ1n) is 6.17. The highest BCUT2D eigenvalue weighted by Gasteiger charge is 2.17. The number of hydrogen-bond donors (Lipinski definition) is 1. The average molecular weight is 295 g/mol. The third kappa shape index (κ3) is 3.55. The smallest absolute Gasteiger partial charge is 0.213 e. The van der Waals surface area contributed by atoms with Crippen LogP contribution in [0.3, 0.4) is 0 Å². The van der Waals surface area contributed by atoms with Crippen LogP contribution in [0, 0.1) is 6.92 Å². The van der Waals surface area contributed by atoms with Crippen molar-refractivity contribution in [1.82, 2.24) is 10.3 Å². The second-order valence-electron chi connectivity index (χ2n) is 3.99. The highest BCUT2D eigenvalue weighted by atomic mass is 35.5. The molecule has 6 nitrogen and oxygen atoms in total. The summed E-state index contributed by atoms with van der Waals surface area (Å²) in [6.07, 6.45) is -0.421. The summed E-state index contributed by atoms with van der Waals surface area (Å²) in [5.41, 5.74) is 4.24. The van der Waals surface area contributed by atoms with Gasteiger partial charge in [0.05, 0.1) is 0 Å². The molecule has 0 saturated heterocycles. The summed E-state index contributed by atoms with van der Waals surface area (Å²) >= 11 is 6.21. The van der Waals surface area contributed by atoms with Crippen molar-refractivity contribution in [3.05, 3.63) is 41.6 Å². The number of hydrazone groups is 1. The summed E-state index contributed by atoms with van der Waals surface area (Å²) in [7, 11) is 0. The number of aryl methyl sites for hydroxylation is 1. The Kier molecular flexibility index (Phi) is 5.09. The van der Waals surface area contributed by atoms with Gasteiger partial charge in [0.1, 0.15) is 11.8 Å². The van der Waals surface area contributed by atoms with Crippen LogP contribution in [0.5, 0.6) is 0 Å². The zero-order valence-electron chi connectivity index (χ0n) is 11.2. The van der Waals surface area contributed by atoms with Crippen molar-refractivity contribution in [2.75, 3.05) is 12.0 Å². The SMILES string of the molecule is CCOC(/C(Cl)=N/Nc1nonc1C)c1ccccc1. The molecule has 0 saturated carbocycles. The Balaban J connectivity index is 2.14. The molecule has 0 aliphatic rings. The van der Waals surface area contributed by atoms with E-state index < -0.39 is 6.10 Å². The number of rotatable bonds is 6. The van der Waals surface area contributed by atoms with Crippen molar-refractivity contribution in [1.29, 1.82) is 0 Å². The number of aromatic nitrogens is 2. The van der Waals surface area contributed by atoms with Crippen LogP contribution >= 0.6 is 11.6 Å². The summed E-state index contributed by atoms with van der Waals surface area (Å²) < 4.78 is 10.2. The van der Waals surface area contributed by atoms with E-state index in [4.69, 9.17) is 16.3 Å². The molecule has 1 aromatic heterocycles. The summed E-state index contributed by atoms with van der Waals surface area (Å²) in [4.78, 5) is 0. The van der Waals surface area contributed by atoms with Crippen LogP contribution in [-0.4, -0.2) is 22.1 Å². The van der Waals surface area contributed by atoms with Crippen LogP contribution in [0.4, 0.5) is 5.82 Å². The fourth-order valence-corrected chi connectivity index (χ4v) is 1.83. The lowest BCUT2D eigenvalue weighted by atomic mass is 10.1. The van der Waals surface area contributed by atoms with Crippen molar-refractivity contribution < 1.29 is 9.37 Å². The standard InChI is InChI=1S/C13H15ClN4O2/c1-3-19-11(10-7-5-4-6-8-10)12(14)15-16-13-9(2)17-20-18-13/h4-8,11H,3H2,1-2H3,(H,16,18)/b15-12-. The van der Waals surface area contributed by atoms with Crippen molar-refractivity contribution in [3.8, 4) is 0 Å². The monoisotopic (exact) mass is 294 g/mol. The fourth-order valence-electron chi connectivity index (χ4n) is 1.60. The Labute approximate surface area is 121 Å². The minimum absolute atomic E-state index is 0.278. The topological polar surface area (TPSA) is 72.5 Å². The predicted octanol–water partition coefficient (Wildman–Crippen LogP) is 3.12. The first kappa shape index (κ1) is 14.5.